The molecular formula is C27H41NO2. The van der Waals surface area contributed by atoms with Crippen molar-refractivity contribution in [2.45, 2.75) is 97.2 Å². The zero-order chi connectivity index (χ0) is 21.0. The Kier molecular flexibility index (Phi) is 5.35. The zero-order valence-corrected chi connectivity index (χ0v) is 19.4. The van der Waals surface area contributed by atoms with E-state index in [-0.39, 0.29) is 5.79 Å². The van der Waals surface area contributed by atoms with Gasteiger partial charge in [0.15, 0.2) is 5.79 Å². The summed E-state index contributed by atoms with van der Waals surface area (Å²) in [5.74, 6) is 3.91. The third-order valence-corrected chi connectivity index (χ3v) is 10.6. The lowest BCUT2D eigenvalue weighted by atomic mass is 9.46. The van der Waals surface area contributed by atoms with Gasteiger partial charge >= 0.3 is 0 Å². The maximum atomic E-state index is 8.93. The van der Waals surface area contributed by atoms with Crippen molar-refractivity contribution >= 4 is 0 Å². The summed E-state index contributed by atoms with van der Waals surface area (Å²) in [6.07, 6.45) is 16.0. The molecule has 0 radical (unpaired) electrons. The average Bonchev–Trinajstić information content (AvgIpc) is 3.33. The molecule has 0 unspecified atom stereocenters. The molecule has 0 aromatic rings. The van der Waals surface area contributed by atoms with Gasteiger partial charge < -0.3 is 9.47 Å². The molecule has 0 N–H and O–H groups in total. The maximum absolute atomic E-state index is 8.93. The van der Waals surface area contributed by atoms with Gasteiger partial charge in [-0.2, -0.15) is 5.26 Å². The van der Waals surface area contributed by atoms with Crippen molar-refractivity contribution in [2.24, 2.45) is 40.4 Å². The number of rotatable bonds is 4. The molecule has 3 nitrogen and oxygen atoms in total. The monoisotopic (exact) mass is 411 g/mol. The second-order valence-corrected chi connectivity index (χ2v) is 11.8. The summed E-state index contributed by atoms with van der Waals surface area (Å²) in [4.78, 5) is 0. The van der Waals surface area contributed by atoms with Gasteiger partial charge in [-0.05, 0) is 104 Å². The third-order valence-electron chi connectivity index (χ3n) is 10.6. The first-order chi connectivity index (χ1) is 14.4. The number of ether oxygens (including phenoxy) is 2. The SMILES string of the molecule is C[C@H](CCCC#N)[C@H]1CC[C@H]2[C@@H]3CCC4=CC5(CC[C@]4(C)[C@H]3CC[C@]12C)OCCO5. The van der Waals surface area contributed by atoms with Gasteiger partial charge in [-0.25, -0.2) is 0 Å². The van der Waals surface area contributed by atoms with Crippen LogP contribution in [0.4, 0.5) is 0 Å². The lowest BCUT2D eigenvalue weighted by Gasteiger charge is -2.59. The van der Waals surface area contributed by atoms with E-state index >= 15 is 0 Å². The predicted molar refractivity (Wildman–Crippen MR) is 118 cm³/mol. The smallest absolute Gasteiger partial charge is 0.188 e. The van der Waals surface area contributed by atoms with Gasteiger partial charge in [0, 0.05) is 12.8 Å². The van der Waals surface area contributed by atoms with Crippen LogP contribution in [-0.4, -0.2) is 19.0 Å². The van der Waals surface area contributed by atoms with E-state index in [9.17, 15) is 0 Å². The van der Waals surface area contributed by atoms with Crippen molar-refractivity contribution in [1.82, 2.24) is 0 Å². The van der Waals surface area contributed by atoms with Crippen LogP contribution < -0.4 is 0 Å². The molecule has 1 heterocycles. The quantitative estimate of drug-likeness (QED) is 0.385. The van der Waals surface area contributed by atoms with Crippen LogP contribution in [0.15, 0.2) is 11.6 Å². The summed E-state index contributed by atoms with van der Waals surface area (Å²) in [5.41, 5.74) is 2.54. The van der Waals surface area contributed by atoms with E-state index in [1.165, 1.54) is 51.4 Å². The van der Waals surface area contributed by atoms with Crippen molar-refractivity contribution in [2.75, 3.05) is 13.2 Å². The molecule has 1 saturated heterocycles. The number of allylic oxidation sites excluding steroid dienone is 1. The van der Waals surface area contributed by atoms with Crippen LogP contribution in [0.5, 0.6) is 0 Å². The molecule has 3 heteroatoms. The van der Waals surface area contributed by atoms with Gasteiger partial charge in [0.05, 0.1) is 19.3 Å². The van der Waals surface area contributed by atoms with Gasteiger partial charge in [0.25, 0.3) is 0 Å². The molecule has 166 valence electrons. The third kappa shape index (κ3) is 3.12. The van der Waals surface area contributed by atoms with Crippen LogP contribution in [0.25, 0.3) is 0 Å². The largest absolute Gasteiger partial charge is 0.344 e. The van der Waals surface area contributed by atoms with Crippen molar-refractivity contribution in [1.29, 1.82) is 5.26 Å². The molecule has 5 aliphatic rings. The van der Waals surface area contributed by atoms with Gasteiger partial charge in [-0.1, -0.05) is 26.3 Å². The lowest BCUT2D eigenvalue weighted by molar-refractivity contribution is -0.144. The molecule has 1 aliphatic heterocycles. The van der Waals surface area contributed by atoms with Crippen molar-refractivity contribution in [3.63, 3.8) is 0 Å². The highest BCUT2D eigenvalue weighted by Crippen LogP contribution is 2.68. The Balaban J connectivity index is 1.35. The Morgan fingerprint density at radius 3 is 2.63 bits per heavy atom. The van der Waals surface area contributed by atoms with Crippen LogP contribution in [-0.2, 0) is 9.47 Å². The van der Waals surface area contributed by atoms with Crippen LogP contribution >= 0.6 is 0 Å². The molecule has 7 atom stereocenters. The Hall–Kier alpha value is -0.850. The van der Waals surface area contributed by atoms with E-state index in [2.05, 4.69) is 32.9 Å². The van der Waals surface area contributed by atoms with Gasteiger partial charge in [-0.15, -0.1) is 0 Å². The van der Waals surface area contributed by atoms with E-state index in [0.29, 0.717) is 10.8 Å². The van der Waals surface area contributed by atoms with E-state index < -0.39 is 0 Å². The normalized spacial score (nSPS) is 45.2. The van der Waals surface area contributed by atoms with Crippen molar-refractivity contribution in [3.05, 3.63) is 11.6 Å². The fraction of sp³-hybridized carbons (Fsp3) is 0.889. The second kappa shape index (κ2) is 7.63. The zero-order valence-electron chi connectivity index (χ0n) is 19.4. The summed E-state index contributed by atoms with van der Waals surface area (Å²) < 4.78 is 12.1. The molecule has 4 fully saturated rings. The number of unbranched alkanes of at least 4 members (excludes halogenated alkanes) is 1. The number of nitrogens with zero attached hydrogens (tertiary/aromatic N) is 1. The topological polar surface area (TPSA) is 42.2 Å². The standard InChI is InChI=1S/C27H41NO2/c1-19(6-4-5-15-28)22-9-10-23-21-8-7-20-18-27(29-16-17-30-27)14-13-25(20,2)24(21)11-12-26(22,23)3/h18-19,21-24H,4-14,16-17H2,1-3H3/t19-,21+,22-,23+,24+,25+,26-/m1/s1. The van der Waals surface area contributed by atoms with Crippen molar-refractivity contribution < 1.29 is 9.47 Å². The fourth-order valence-electron chi connectivity index (χ4n) is 9.06. The number of nitriles is 1. The molecule has 0 aromatic heterocycles. The molecule has 4 aliphatic carbocycles. The van der Waals surface area contributed by atoms with Crippen LogP contribution in [0.1, 0.15) is 91.4 Å². The Morgan fingerprint density at radius 2 is 1.87 bits per heavy atom. The van der Waals surface area contributed by atoms with Crippen LogP contribution in [0.3, 0.4) is 0 Å². The minimum absolute atomic E-state index is 0.362. The second-order valence-electron chi connectivity index (χ2n) is 11.8. The molecule has 1 spiro atoms. The lowest BCUT2D eigenvalue weighted by Crippen LogP contribution is -2.52. The number of hydrogen-bond donors (Lipinski definition) is 0. The molecule has 0 aromatic carbocycles. The van der Waals surface area contributed by atoms with E-state index in [0.717, 1.165) is 62.1 Å². The summed E-state index contributed by atoms with van der Waals surface area (Å²) >= 11 is 0. The average molecular weight is 412 g/mol. The van der Waals surface area contributed by atoms with Crippen molar-refractivity contribution in [3.8, 4) is 6.07 Å². The van der Waals surface area contributed by atoms with E-state index in [1.54, 1.807) is 5.57 Å². The van der Waals surface area contributed by atoms with E-state index in [1.807, 2.05) is 0 Å². The fourth-order valence-corrected chi connectivity index (χ4v) is 9.06. The van der Waals surface area contributed by atoms with Crippen LogP contribution in [0, 0.1) is 51.8 Å². The number of fused-ring (bicyclic) bond motifs is 5. The van der Waals surface area contributed by atoms with Gasteiger partial charge in [-0.3, -0.25) is 0 Å². The molecule has 0 bridgehead atoms. The first-order valence-corrected chi connectivity index (χ1v) is 12.8. The highest BCUT2D eigenvalue weighted by molar-refractivity contribution is 5.27. The maximum Gasteiger partial charge on any atom is 0.188 e. The molecule has 30 heavy (non-hydrogen) atoms. The summed E-state index contributed by atoms with van der Waals surface area (Å²) in [6, 6.07) is 2.34. The van der Waals surface area contributed by atoms with Crippen LogP contribution in [0.2, 0.25) is 0 Å². The molecule has 5 rings (SSSR count). The predicted octanol–water partition coefficient (Wildman–Crippen LogP) is 6.64. The van der Waals surface area contributed by atoms with Gasteiger partial charge in [0.1, 0.15) is 0 Å². The Bertz CT molecular complexity index is 732. The minimum atomic E-state index is -0.387. The first-order valence-electron chi connectivity index (χ1n) is 12.8. The Morgan fingerprint density at radius 1 is 1.07 bits per heavy atom. The summed E-state index contributed by atoms with van der Waals surface area (Å²) in [5, 5.41) is 8.93. The highest BCUT2D eigenvalue weighted by Gasteiger charge is 2.60. The molecular weight excluding hydrogens is 370 g/mol. The first kappa shape index (κ1) is 21.0. The Labute approximate surface area is 183 Å². The highest BCUT2D eigenvalue weighted by atomic mass is 16.7. The summed E-state index contributed by atoms with van der Waals surface area (Å²) in [6.45, 7) is 9.21. The van der Waals surface area contributed by atoms with Gasteiger partial charge in [0.2, 0.25) is 0 Å². The minimum Gasteiger partial charge on any atom is -0.344 e. The molecule has 3 saturated carbocycles. The summed E-state index contributed by atoms with van der Waals surface area (Å²) in [7, 11) is 0. The molecule has 0 amide bonds. The van der Waals surface area contributed by atoms with E-state index in [4.69, 9.17) is 14.7 Å². The number of hydrogen-bond acceptors (Lipinski definition) is 3.